The third-order valence-corrected chi connectivity index (χ3v) is 10.6. The first-order valence-electron chi connectivity index (χ1n) is 18.5. The molecule has 1 aliphatic carbocycles. The quantitative estimate of drug-likeness (QED) is 0.193. The van der Waals surface area contributed by atoms with Crippen molar-refractivity contribution in [2.75, 3.05) is 57.7 Å². The monoisotopic (exact) mass is 753 g/mol. The van der Waals surface area contributed by atoms with Gasteiger partial charge in [-0.2, -0.15) is 13.2 Å². The number of benzene rings is 4. The van der Waals surface area contributed by atoms with E-state index in [9.17, 15) is 32.3 Å². The van der Waals surface area contributed by atoms with Crippen LogP contribution in [0.15, 0.2) is 97.1 Å². The van der Waals surface area contributed by atoms with Gasteiger partial charge in [0, 0.05) is 75.6 Å². The number of carbonyl (C=O) groups excluding carboxylic acids is 4. The van der Waals surface area contributed by atoms with Crippen LogP contribution in [-0.4, -0.2) is 97.6 Å². The number of nitrogens with one attached hydrogen (secondary N) is 3. The van der Waals surface area contributed by atoms with E-state index in [1.165, 1.54) is 0 Å². The average molecular weight is 754 g/mol. The predicted molar refractivity (Wildman–Crippen MR) is 201 cm³/mol. The smallest absolute Gasteiger partial charge is 0.442 e. The van der Waals surface area contributed by atoms with E-state index in [2.05, 4.69) is 16.0 Å². The van der Waals surface area contributed by atoms with Crippen LogP contribution in [0.25, 0.3) is 22.3 Å². The minimum absolute atomic E-state index is 0.0318. The molecule has 2 atom stereocenters. The van der Waals surface area contributed by atoms with Crippen molar-refractivity contribution >= 4 is 29.4 Å². The highest BCUT2D eigenvalue weighted by atomic mass is 19.4. The third-order valence-electron chi connectivity index (χ3n) is 10.6. The number of esters is 1. The first-order chi connectivity index (χ1) is 26.5. The van der Waals surface area contributed by atoms with Gasteiger partial charge in [0.1, 0.15) is 0 Å². The van der Waals surface area contributed by atoms with Gasteiger partial charge in [-0.1, -0.05) is 60.7 Å². The molecular weight excluding hydrogens is 711 g/mol. The Bertz CT molecular complexity index is 2040. The zero-order valence-corrected chi connectivity index (χ0v) is 30.2. The lowest BCUT2D eigenvalue weighted by atomic mass is 9.91. The van der Waals surface area contributed by atoms with E-state index in [0.717, 1.165) is 48.4 Å². The highest BCUT2D eigenvalue weighted by molar-refractivity contribution is 6.00. The summed E-state index contributed by atoms with van der Waals surface area (Å²) in [5, 5.41) is 9.19. The molecule has 4 aromatic carbocycles. The molecule has 3 amide bonds. The number of rotatable bonds is 8. The number of alkyl halides is 3. The second-order valence-electron chi connectivity index (χ2n) is 14.2. The largest absolute Gasteiger partial charge is 0.490 e. The van der Waals surface area contributed by atoms with Crippen LogP contribution in [0, 0.1) is 0 Å². The minimum Gasteiger partial charge on any atom is -0.442 e. The van der Waals surface area contributed by atoms with Gasteiger partial charge in [0.25, 0.3) is 17.7 Å². The number of ether oxygens (including phenoxy) is 1. The normalized spacial score (nSPS) is 20.2. The Morgan fingerprint density at radius 2 is 1.18 bits per heavy atom. The summed E-state index contributed by atoms with van der Waals surface area (Å²) in [6.45, 7) is 5.53. The van der Waals surface area contributed by atoms with Crippen molar-refractivity contribution < 1.29 is 37.1 Å². The van der Waals surface area contributed by atoms with E-state index in [0.29, 0.717) is 55.0 Å². The van der Waals surface area contributed by atoms with Gasteiger partial charge in [-0.3, -0.25) is 14.4 Å². The zero-order chi connectivity index (χ0) is 38.6. The summed E-state index contributed by atoms with van der Waals surface area (Å²) in [6, 6.07) is 28.7. The molecule has 0 aromatic heterocycles. The standard InChI is InChI=1S/C42H42F3N5O5/c43-42(44,45)40(54)55-41(39(53)48-36-6-2-5-34(26-36)29-9-13-31(14-10-29)38(52)50-23-19-47-20-24-50)16-15-35(27-41)33-4-1-3-32(25-33)28-7-11-30(12-8-28)37(51)49-21-17-46-18-22-49/h1-14,25-26,35,46-47H,15-24,27H2,(H,48,53). The molecule has 3 aliphatic rings. The maximum Gasteiger partial charge on any atom is 0.490 e. The fourth-order valence-electron chi connectivity index (χ4n) is 7.58. The highest BCUT2D eigenvalue weighted by Gasteiger charge is 2.54. The summed E-state index contributed by atoms with van der Waals surface area (Å²) < 4.78 is 45.8. The van der Waals surface area contributed by atoms with Crippen LogP contribution in [0.2, 0.25) is 0 Å². The van der Waals surface area contributed by atoms with E-state index in [1.54, 1.807) is 59.5 Å². The predicted octanol–water partition coefficient (Wildman–Crippen LogP) is 5.86. The molecule has 10 nitrogen and oxygen atoms in total. The van der Waals surface area contributed by atoms with Crippen molar-refractivity contribution in [3.8, 4) is 22.3 Å². The summed E-state index contributed by atoms with van der Waals surface area (Å²) >= 11 is 0. The van der Waals surface area contributed by atoms with Gasteiger partial charge in [0.2, 0.25) is 0 Å². The van der Waals surface area contributed by atoms with Crippen molar-refractivity contribution in [3.63, 3.8) is 0 Å². The fourth-order valence-corrected chi connectivity index (χ4v) is 7.58. The van der Waals surface area contributed by atoms with Crippen LogP contribution in [0.3, 0.4) is 0 Å². The summed E-state index contributed by atoms with van der Waals surface area (Å²) in [7, 11) is 0. The van der Waals surface area contributed by atoms with Gasteiger partial charge >= 0.3 is 12.1 Å². The highest BCUT2D eigenvalue weighted by Crippen LogP contribution is 2.45. The van der Waals surface area contributed by atoms with Crippen LogP contribution in [0.1, 0.15) is 51.5 Å². The molecule has 7 rings (SSSR count). The molecule has 4 aromatic rings. The molecule has 3 fully saturated rings. The van der Waals surface area contributed by atoms with Crippen molar-refractivity contribution in [3.05, 3.63) is 114 Å². The number of hydrogen-bond acceptors (Lipinski definition) is 7. The maximum atomic E-state index is 13.9. The van der Waals surface area contributed by atoms with Crippen molar-refractivity contribution in [2.24, 2.45) is 0 Å². The van der Waals surface area contributed by atoms with Gasteiger partial charge in [-0.15, -0.1) is 0 Å². The number of carbonyl (C=O) groups is 4. The second kappa shape index (κ2) is 16.1. The van der Waals surface area contributed by atoms with Crippen molar-refractivity contribution in [2.45, 2.75) is 37.0 Å². The Kier molecular flexibility index (Phi) is 11.0. The molecule has 55 heavy (non-hydrogen) atoms. The van der Waals surface area contributed by atoms with E-state index in [-0.39, 0.29) is 30.6 Å². The number of amides is 3. The van der Waals surface area contributed by atoms with Gasteiger partial charge in [0.15, 0.2) is 5.60 Å². The average Bonchev–Trinajstić information content (AvgIpc) is 3.66. The molecule has 2 aliphatic heterocycles. The third kappa shape index (κ3) is 8.58. The molecule has 2 saturated heterocycles. The van der Waals surface area contributed by atoms with E-state index in [4.69, 9.17) is 4.74 Å². The molecule has 2 heterocycles. The van der Waals surface area contributed by atoms with Gasteiger partial charge in [0.05, 0.1) is 0 Å². The van der Waals surface area contributed by atoms with Crippen LogP contribution >= 0.6 is 0 Å². The van der Waals surface area contributed by atoms with Gasteiger partial charge in [-0.25, -0.2) is 4.79 Å². The Hall–Kier alpha value is -5.53. The van der Waals surface area contributed by atoms with Crippen molar-refractivity contribution in [1.29, 1.82) is 0 Å². The lowest BCUT2D eigenvalue weighted by Crippen LogP contribution is -2.47. The molecule has 0 spiro atoms. The molecule has 286 valence electrons. The van der Waals surface area contributed by atoms with Gasteiger partial charge < -0.3 is 30.5 Å². The number of anilines is 1. The number of halogens is 3. The summed E-state index contributed by atoms with van der Waals surface area (Å²) in [4.78, 5) is 55.7. The molecule has 1 saturated carbocycles. The second-order valence-corrected chi connectivity index (χ2v) is 14.2. The summed E-state index contributed by atoms with van der Waals surface area (Å²) in [5.74, 6) is -3.73. The van der Waals surface area contributed by atoms with E-state index in [1.807, 2.05) is 47.4 Å². The van der Waals surface area contributed by atoms with Gasteiger partial charge in [-0.05, 0) is 83.0 Å². The molecule has 3 N–H and O–H groups in total. The topological polar surface area (TPSA) is 120 Å². The first kappa shape index (κ1) is 37.8. The van der Waals surface area contributed by atoms with Crippen LogP contribution in [-0.2, 0) is 14.3 Å². The Balaban J connectivity index is 1.07. The molecule has 13 heteroatoms. The van der Waals surface area contributed by atoms with Crippen molar-refractivity contribution in [1.82, 2.24) is 20.4 Å². The lowest BCUT2D eigenvalue weighted by Gasteiger charge is -2.29. The molecule has 2 unspecified atom stereocenters. The Morgan fingerprint density at radius 3 is 1.71 bits per heavy atom. The Morgan fingerprint density at radius 1 is 0.673 bits per heavy atom. The molecular formula is C42H42F3N5O5. The van der Waals surface area contributed by atoms with Crippen LogP contribution < -0.4 is 16.0 Å². The van der Waals surface area contributed by atoms with Crippen LogP contribution in [0.4, 0.5) is 18.9 Å². The SMILES string of the molecule is O=C(c1ccc(-c2cccc(NC(=O)C3(OC(=O)C(F)(F)F)CCC(c4cccc(-c5ccc(C(=O)N6CCNCC6)cc5)c4)C3)c2)cc1)N1CCNCC1. The number of piperazine rings is 2. The number of hydrogen-bond donors (Lipinski definition) is 3. The van der Waals surface area contributed by atoms with E-state index >= 15 is 0 Å². The first-order valence-corrected chi connectivity index (χ1v) is 18.5. The van der Waals surface area contributed by atoms with Crippen LogP contribution in [0.5, 0.6) is 0 Å². The summed E-state index contributed by atoms with van der Waals surface area (Å²) in [5.41, 5.74) is 3.35. The maximum absolute atomic E-state index is 13.9. The molecule has 0 bridgehead atoms. The lowest BCUT2D eigenvalue weighted by molar-refractivity contribution is -0.213. The van der Waals surface area contributed by atoms with E-state index < -0.39 is 23.7 Å². The minimum atomic E-state index is -5.29. The zero-order valence-electron chi connectivity index (χ0n) is 30.2. The number of nitrogens with zero attached hydrogens (tertiary/aromatic N) is 2. The molecule has 0 radical (unpaired) electrons. The Labute approximate surface area is 317 Å². The summed E-state index contributed by atoms with van der Waals surface area (Å²) in [6.07, 6.45) is -5.24. The fraction of sp³-hybridized carbons (Fsp3) is 0.333.